The molecule has 1 saturated heterocycles. The van der Waals surface area contributed by atoms with Gasteiger partial charge in [0.25, 0.3) is 0 Å². The lowest BCUT2D eigenvalue weighted by Gasteiger charge is -2.08. The number of rotatable bonds is 6. The molecule has 1 aliphatic heterocycles. The van der Waals surface area contributed by atoms with Crippen LogP contribution in [0.2, 0.25) is 0 Å². The van der Waals surface area contributed by atoms with E-state index in [9.17, 15) is 14.0 Å². The molecule has 0 aromatic heterocycles. The van der Waals surface area contributed by atoms with E-state index in [1.807, 2.05) is 6.92 Å². The first-order valence-electron chi connectivity index (χ1n) is 8.38. The molecule has 2 N–H and O–H groups in total. The van der Waals surface area contributed by atoms with Crippen LogP contribution in [0, 0.1) is 5.82 Å². The van der Waals surface area contributed by atoms with Gasteiger partial charge >= 0.3 is 0 Å². The second kappa shape index (κ2) is 8.68. The van der Waals surface area contributed by atoms with Crippen LogP contribution in [0.5, 0.6) is 5.75 Å². The highest BCUT2D eigenvalue weighted by molar-refractivity contribution is 8.15. The van der Waals surface area contributed by atoms with Gasteiger partial charge in [0.1, 0.15) is 16.8 Å². The van der Waals surface area contributed by atoms with Gasteiger partial charge in [-0.1, -0.05) is 11.8 Å². The van der Waals surface area contributed by atoms with Crippen LogP contribution in [0.25, 0.3) is 0 Å². The SMILES string of the molecule is CCOc1ccc(NC(=O)C[C@H]2SC(=Nc3ccc(F)cc3)NC2=O)cc1. The van der Waals surface area contributed by atoms with Gasteiger partial charge in [0.15, 0.2) is 5.17 Å². The normalized spacial score (nSPS) is 17.6. The summed E-state index contributed by atoms with van der Waals surface area (Å²) in [7, 11) is 0. The minimum atomic E-state index is -0.563. The third-order valence-electron chi connectivity index (χ3n) is 3.65. The molecule has 0 radical (unpaired) electrons. The Morgan fingerprint density at radius 2 is 1.93 bits per heavy atom. The molecular formula is C19H18FN3O3S. The number of hydrogen-bond acceptors (Lipinski definition) is 5. The number of amides is 2. The summed E-state index contributed by atoms with van der Waals surface area (Å²) in [5.74, 6) is -0.175. The van der Waals surface area contributed by atoms with Crippen LogP contribution in [0.1, 0.15) is 13.3 Å². The maximum atomic E-state index is 12.9. The number of amidine groups is 1. The molecule has 0 spiro atoms. The van der Waals surface area contributed by atoms with E-state index in [0.29, 0.717) is 23.1 Å². The van der Waals surface area contributed by atoms with Crippen molar-refractivity contribution < 1.29 is 18.7 Å². The fourth-order valence-electron chi connectivity index (χ4n) is 2.41. The average molecular weight is 387 g/mol. The molecule has 27 heavy (non-hydrogen) atoms. The van der Waals surface area contributed by atoms with Crippen molar-refractivity contribution in [1.82, 2.24) is 5.32 Å². The molecule has 0 saturated carbocycles. The average Bonchev–Trinajstić information content (AvgIpc) is 2.98. The molecule has 2 aromatic rings. The molecule has 0 unspecified atom stereocenters. The van der Waals surface area contributed by atoms with Crippen molar-refractivity contribution in [3.63, 3.8) is 0 Å². The second-order valence-corrected chi connectivity index (χ2v) is 6.89. The summed E-state index contributed by atoms with van der Waals surface area (Å²) in [6, 6.07) is 12.6. The molecule has 0 aliphatic carbocycles. The molecule has 0 bridgehead atoms. The molecule has 140 valence electrons. The molecule has 2 amide bonds. The maximum Gasteiger partial charge on any atom is 0.240 e. The summed E-state index contributed by atoms with van der Waals surface area (Å²) in [6.45, 7) is 2.47. The fourth-order valence-corrected chi connectivity index (χ4v) is 3.39. The quantitative estimate of drug-likeness (QED) is 0.795. The lowest BCUT2D eigenvalue weighted by molar-refractivity contribution is -0.122. The number of benzene rings is 2. The van der Waals surface area contributed by atoms with E-state index in [1.165, 1.54) is 36.0 Å². The predicted molar refractivity (Wildman–Crippen MR) is 104 cm³/mol. The fraction of sp³-hybridized carbons (Fsp3) is 0.211. The number of ether oxygens (including phenoxy) is 1. The summed E-state index contributed by atoms with van der Waals surface area (Å²) in [6.07, 6.45) is 0.0200. The van der Waals surface area contributed by atoms with Crippen molar-refractivity contribution in [2.75, 3.05) is 11.9 Å². The van der Waals surface area contributed by atoms with Crippen molar-refractivity contribution in [2.45, 2.75) is 18.6 Å². The molecule has 1 aliphatic rings. The zero-order valence-corrected chi connectivity index (χ0v) is 15.4. The molecule has 1 fully saturated rings. The summed E-state index contributed by atoms with van der Waals surface area (Å²) in [5, 5.41) is 5.23. The molecule has 3 rings (SSSR count). The van der Waals surface area contributed by atoms with Gasteiger partial charge in [-0.25, -0.2) is 9.38 Å². The summed E-state index contributed by atoms with van der Waals surface area (Å²) in [5.41, 5.74) is 1.16. The first kappa shape index (κ1) is 18.9. The number of nitrogens with one attached hydrogen (secondary N) is 2. The van der Waals surface area contributed by atoms with Gasteiger partial charge in [0, 0.05) is 12.1 Å². The van der Waals surface area contributed by atoms with Gasteiger partial charge in [0.05, 0.1) is 12.3 Å². The van der Waals surface area contributed by atoms with Gasteiger partial charge in [-0.05, 0) is 55.5 Å². The highest BCUT2D eigenvalue weighted by Crippen LogP contribution is 2.26. The molecular weight excluding hydrogens is 369 g/mol. The van der Waals surface area contributed by atoms with E-state index in [0.717, 1.165) is 5.75 Å². The van der Waals surface area contributed by atoms with Crippen LogP contribution < -0.4 is 15.4 Å². The van der Waals surface area contributed by atoms with Crippen LogP contribution >= 0.6 is 11.8 Å². The molecule has 1 atom stereocenters. The third kappa shape index (κ3) is 5.30. The topological polar surface area (TPSA) is 79.8 Å². The minimum absolute atomic E-state index is 0.0200. The van der Waals surface area contributed by atoms with Gasteiger partial charge in [0.2, 0.25) is 11.8 Å². The van der Waals surface area contributed by atoms with Crippen molar-refractivity contribution in [3.05, 3.63) is 54.3 Å². The maximum absolute atomic E-state index is 12.9. The number of nitrogens with zero attached hydrogens (tertiary/aromatic N) is 1. The van der Waals surface area contributed by atoms with Crippen molar-refractivity contribution in [3.8, 4) is 5.75 Å². The zero-order chi connectivity index (χ0) is 19.2. The smallest absolute Gasteiger partial charge is 0.240 e. The lowest BCUT2D eigenvalue weighted by atomic mass is 10.2. The Kier molecular flexibility index (Phi) is 6.08. The highest BCUT2D eigenvalue weighted by Gasteiger charge is 2.32. The van der Waals surface area contributed by atoms with Crippen molar-refractivity contribution in [2.24, 2.45) is 4.99 Å². The van der Waals surface area contributed by atoms with Crippen molar-refractivity contribution >= 4 is 40.1 Å². The molecule has 6 nitrogen and oxygen atoms in total. The van der Waals surface area contributed by atoms with Gasteiger partial charge in [-0.15, -0.1) is 0 Å². The van der Waals surface area contributed by atoms with Crippen LogP contribution in [-0.4, -0.2) is 28.8 Å². The molecule has 8 heteroatoms. The first-order chi connectivity index (χ1) is 13.0. The standard InChI is InChI=1S/C19H18FN3O3S/c1-2-26-15-9-7-13(8-10-15)21-17(24)11-16-18(25)23-19(27-16)22-14-5-3-12(20)4-6-14/h3-10,16H,2,11H2,1H3,(H,21,24)(H,22,23,25)/t16-/m1/s1. The number of halogens is 1. The summed E-state index contributed by atoms with van der Waals surface area (Å²) in [4.78, 5) is 28.5. The highest BCUT2D eigenvalue weighted by atomic mass is 32.2. The van der Waals surface area contributed by atoms with E-state index in [1.54, 1.807) is 24.3 Å². The largest absolute Gasteiger partial charge is 0.494 e. The Balaban J connectivity index is 1.56. The number of thioether (sulfide) groups is 1. The van der Waals surface area contributed by atoms with Crippen molar-refractivity contribution in [1.29, 1.82) is 0 Å². The van der Waals surface area contributed by atoms with Gasteiger partial charge < -0.3 is 15.4 Å². The van der Waals surface area contributed by atoms with Gasteiger partial charge in [-0.2, -0.15) is 0 Å². The Bertz CT molecular complexity index is 854. The van der Waals surface area contributed by atoms with Crippen LogP contribution in [-0.2, 0) is 9.59 Å². The minimum Gasteiger partial charge on any atom is -0.494 e. The van der Waals surface area contributed by atoms with E-state index in [2.05, 4.69) is 15.6 Å². The summed E-state index contributed by atoms with van der Waals surface area (Å²) < 4.78 is 18.3. The number of hydrogen-bond donors (Lipinski definition) is 2. The zero-order valence-electron chi connectivity index (χ0n) is 14.6. The third-order valence-corrected chi connectivity index (χ3v) is 4.74. The first-order valence-corrected chi connectivity index (χ1v) is 9.26. The Morgan fingerprint density at radius 1 is 1.22 bits per heavy atom. The molecule has 2 aromatic carbocycles. The number of carbonyl (C=O) groups excluding carboxylic acids is 2. The van der Waals surface area contributed by atoms with E-state index >= 15 is 0 Å². The van der Waals surface area contributed by atoms with Crippen LogP contribution in [0.4, 0.5) is 15.8 Å². The van der Waals surface area contributed by atoms with E-state index in [4.69, 9.17) is 4.74 Å². The van der Waals surface area contributed by atoms with Crippen LogP contribution in [0.3, 0.4) is 0 Å². The lowest BCUT2D eigenvalue weighted by Crippen LogP contribution is -2.28. The van der Waals surface area contributed by atoms with E-state index < -0.39 is 5.25 Å². The molecule has 1 heterocycles. The van der Waals surface area contributed by atoms with Crippen LogP contribution in [0.15, 0.2) is 53.5 Å². The van der Waals surface area contributed by atoms with E-state index in [-0.39, 0.29) is 24.1 Å². The predicted octanol–water partition coefficient (Wildman–Crippen LogP) is 3.47. The monoisotopic (exact) mass is 387 g/mol. The Labute approximate surface area is 160 Å². The Hall–Kier alpha value is -2.87. The van der Waals surface area contributed by atoms with Gasteiger partial charge in [-0.3, -0.25) is 9.59 Å². The number of aliphatic imine (C=N–C) groups is 1. The Morgan fingerprint density at radius 3 is 2.59 bits per heavy atom. The second-order valence-electron chi connectivity index (χ2n) is 5.70. The number of carbonyl (C=O) groups is 2. The number of anilines is 1. The summed E-state index contributed by atoms with van der Waals surface area (Å²) >= 11 is 1.18.